The van der Waals surface area contributed by atoms with Gasteiger partial charge in [-0.1, -0.05) is 6.07 Å². The fourth-order valence-electron chi connectivity index (χ4n) is 4.41. The fourth-order valence-corrected chi connectivity index (χ4v) is 6.75. The first kappa shape index (κ1) is 21.3. The molecule has 0 radical (unpaired) electrons. The third-order valence-electron chi connectivity index (χ3n) is 5.98. The van der Waals surface area contributed by atoms with Crippen LogP contribution in [0, 0.1) is 5.92 Å². The van der Waals surface area contributed by atoms with Crippen LogP contribution in [0.15, 0.2) is 46.7 Å². The first-order valence-electron chi connectivity index (χ1n) is 10.6. The van der Waals surface area contributed by atoms with Crippen LogP contribution < -0.4 is 4.74 Å². The zero-order valence-electron chi connectivity index (χ0n) is 17.2. The Hall–Kier alpha value is -1.90. The highest BCUT2D eigenvalue weighted by Crippen LogP contribution is 2.37. The van der Waals surface area contributed by atoms with E-state index in [4.69, 9.17) is 4.74 Å². The van der Waals surface area contributed by atoms with Crippen molar-refractivity contribution in [1.82, 2.24) is 9.21 Å². The number of carbonyl (C=O) groups excluding carboxylic acids is 1. The smallest absolute Gasteiger partial charge is 0.243 e. The predicted molar refractivity (Wildman–Crippen MR) is 117 cm³/mol. The molecule has 8 heteroatoms. The quantitative estimate of drug-likeness (QED) is 0.672. The number of benzene rings is 1. The molecule has 1 amide bonds. The molecule has 2 aromatic rings. The molecule has 6 nitrogen and oxygen atoms in total. The number of piperidine rings is 1. The maximum absolute atomic E-state index is 13.2. The zero-order valence-corrected chi connectivity index (χ0v) is 18.8. The topological polar surface area (TPSA) is 66.9 Å². The second kappa shape index (κ2) is 9.08. The van der Waals surface area contributed by atoms with Crippen LogP contribution in [0.4, 0.5) is 0 Å². The molecular formula is C22H28N2O4S2. The first-order valence-corrected chi connectivity index (χ1v) is 12.9. The van der Waals surface area contributed by atoms with Crippen molar-refractivity contribution >= 4 is 27.3 Å². The number of nitrogens with zero attached hydrogens (tertiary/aromatic N) is 2. The minimum atomic E-state index is -3.55. The van der Waals surface area contributed by atoms with E-state index in [9.17, 15) is 13.2 Å². The van der Waals surface area contributed by atoms with E-state index >= 15 is 0 Å². The largest absolute Gasteiger partial charge is 0.494 e. The Morgan fingerprint density at radius 2 is 1.83 bits per heavy atom. The van der Waals surface area contributed by atoms with E-state index in [1.807, 2.05) is 17.9 Å². The number of likely N-dealkylation sites (tertiary alicyclic amines) is 1. The van der Waals surface area contributed by atoms with Crippen molar-refractivity contribution < 1.29 is 17.9 Å². The molecule has 0 unspecified atom stereocenters. The first-order chi connectivity index (χ1) is 14.5. The van der Waals surface area contributed by atoms with Crippen molar-refractivity contribution in [3.63, 3.8) is 0 Å². The van der Waals surface area contributed by atoms with E-state index in [0.29, 0.717) is 38.3 Å². The molecule has 0 bridgehead atoms. The number of hydrogen-bond acceptors (Lipinski definition) is 5. The Balaban J connectivity index is 1.39. The number of carbonyl (C=O) groups is 1. The summed E-state index contributed by atoms with van der Waals surface area (Å²) < 4.78 is 32.9. The minimum Gasteiger partial charge on any atom is -0.494 e. The van der Waals surface area contributed by atoms with Crippen LogP contribution in [-0.2, 0) is 14.8 Å². The Morgan fingerprint density at radius 1 is 1.10 bits per heavy atom. The molecule has 0 spiro atoms. The van der Waals surface area contributed by atoms with Crippen molar-refractivity contribution in [3.05, 3.63) is 46.7 Å². The van der Waals surface area contributed by atoms with E-state index < -0.39 is 10.0 Å². The van der Waals surface area contributed by atoms with Crippen molar-refractivity contribution in [3.8, 4) is 5.75 Å². The van der Waals surface area contributed by atoms with Gasteiger partial charge in [-0.3, -0.25) is 4.79 Å². The van der Waals surface area contributed by atoms with Gasteiger partial charge in [-0.2, -0.15) is 4.31 Å². The molecule has 4 rings (SSSR count). The molecule has 162 valence electrons. The molecule has 0 aliphatic carbocycles. The maximum Gasteiger partial charge on any atom is 0.243 e. The number of amides is 1. The number of rotatable bonds is 6. The number of sulfonamides is 1. The van der Waals surface area contributed by atoms with E-state index in [0.717, 1.165) is 19.4 Å². The average Bonchev–Trinajstić information content (AvgIpc) is 3.46. The van der Waals surface area contributed by atoms with Gasteiger partial charge in [0.15, 0.2) is 0 Å². The van der Waals surface area contributed by atoms with Gasteiger partial charge < -0.3 is 9.64 Å². The maximum atomic E-state index is 13.2. The van der Waals surface area contributed by atoms with E-state index in [1.54, 1.807) is 35.6 Å². The molecule has 2 saturated heterocycles. The highest BCUT2D eigenvalue weighted by Gasteiger charge is 2.37. The van der Waals surface area contributed by atoms with Gasteiger partial charge in [0.1, 0.15) is 5.75 Å². The van der Waals surface area contributed by atoms with Crippen LogP contribution >= 0.6 is 11.3 Å². The summed E-state index contributed by atoms with van der Waals surface area (Å²) in [5.74, 6) is 0.744. The van der Waals surface area contributed by atoms with Gasteiger partial charge >= 0.3 is 0 Å². The third kappa shape index (κ3) is 4.26. The second-order valence-corrected chi connectivity index (χ2v) is 10.7. The molecule has 1 atom stereocenters. The molecule has 2 aliphatic heterocycles. The standard InChI is InChI=1S/C22H28N2O4S2/c1-2-28-18-7-9-19(10-8-18)30(26,27)23-14-11-17(12-15-23)22(25)24-13-3-5-20(24)21-6-4-16-29-21/h4,6-10,16-17,20H,2-3,5,11-15H2,1H3/t20-/m0/s1. The van der Waals surface area contributed by atoms with Gasteiger partial charge in [0, 0.05) is 30.4 Å². The molecule has 2 aliphatic rings. The van der Waals surface area contributed by atoms with E-state index in [2.05, 4.69) is 11.4 Å². The summed E-state index contributed by atoms with van der Waals surface area (Å²) in [7, 11) is -3.55. The van der Waals surface area contributed by atoms with Gasteiger partial charge in [0.25, 0.3) is 0 Å². The Bertz CT molecular complexity index is 950. The second-order valence-electron chi connectivity index (χ2n) is 7.79. The van der Waals surface area contributed by atoms with Gasteiger partial charge in [0.2, 0.25) is 15.9 Å². The van der Waals surface area contributed by atoms with Gasteiger partial charge in [0.05, 0.1) is 17.5 Å². The summed E-state index contributed by atoms with van der Waals surface area (Å²) in [6.45, 7) is 3.98. The summed E-state index contributed by atoms with van der Waals surface area (Å²) in [5, 5.41) is 2.06. The summed E-state index contributed by atoms with van der Waals surface area (Å²) in [5.41, 5.74) is 0. The summed E-state index contributed by atoms with van der Waals surface area (Å²) in [6, 6.07) is 10.9. The fraction of sp³-hybridized carbons (Fsp3) is 0.500. The molecule has 30 heavy (non-hydrogen) atoms. The van der Waals surface area contributed by atoms with Crippen molar-refractivity contribution in [1.29, 1.82) is 0 Å². The van der Waals surface area contributed by atoms with Crippen LogP contribution in [0.1, 0.15) is 43.5 Å². The highest BCUT2D eigenvalue weighted by atomic mass is 32.2. The van der Waals surface area contributed by atoms with Gasteiger partial charge in [-0.15, -0.1) is 11.3 Å². The van der Waals surface area contributed by atoms with Gasteiger partial charge in [-0.25, -0.2) is 8.42 Å². The van der Waals surface area contributed by atoms with Crippen LogP contribution in [-0.4, -0.2) is 49.8 Å². The number of hydrogen-bond donors (Lipinski definition) is 0. The average molecular weight is 449 g/mol. The summed E-state index contributed by atoms with van der Waals surface area (Å²) >= 11 is 1.70. The van der Waals surface area contributed by atoms with Crippen LogP contribution in [0.25, 0.3) is 0 Å². The van der Waals surface area contributed by atoms with Crippen molar-refractivity contribution in [2.24, 2.45) is 5.92 Å². The molecule has 0 N–H and O–H groups in total. The lowest BCUT2D eigenvalue weighted by Crippen LogP contribution is -2.44. The summed E-state index contributed by atoms with van der Waals surface area (Å²) in [4.78, 5) is 16.7. The van der Waals surface area contributed by atoms with Crippen molar-refractivity contribution in [2.45, 2.75) is 43.5 Å². The predicted octanol–water partition coefficient (Wildman–Crippen LogP) is 3.91. The summed E-state index contributed by atoms with van der Waals surface area (Å²) in [6.07, 6.45) is 3.18. The SMILES string of the molecule is CCOc1ccc(S(=O)(=O)N2CCC(C(=O)N3CCC[C@H]3c3cccs3)CC2)cc1. The minimum absolute atomic E-state index is 0.0997. The molecular weight excluding hydrogens is 420 g/mol. The number of ether oxygens (including phenoxy) is 1. The van der Waals surface area contributed by atoms with Crippen LogP contribution in [0.2, 0.25) is 0 Å². The third-order valence-corrected chi connectivity index (χ3v) is 8.87. The Kier molecular flexibility index (Phi) is 6.46. The van der Waals surface area contributed by atoms with Crippen LogP contribution in [0.5, 0.6) is 5.75 Å². The lowest BCUT2D eigenvalue weighted by Gasteiger charge is -2.34. The zero-order chi connectivity index (χ0) is 21.1. The lowest BCUT2D eigenvalue weighted by atomic mass is 9.96. The number of thiophene rings is 1. The Labute approximate surface area is 182 Å². The molecule has 1 aromatic heterocycles. The lowest BCUT2D eigenvalue weighted by molar-refractivity contribution is -0.137. The monoisotopic (exact) mass is 448 g/mol. The highest BCUT2D eigenvalue weighted by molar-refractivity contribution is 7.89. The molecule has 2 fully saturated rings. The normalized spacial score (nSPS) is 21.1. The van der Waals surface area contributed by atoms with E-state index in [-0.39, 0.29) is 22.8 Å². The van der Waals surface area contributed by atoms with Gasteiger partial charge in [-0.05, 0) is 68.3 Å². The molecule has 1 aromatic carbocycles. The molecule has 3 heterocycles. The Morgan fingerprint density at radius 3 is 2.47 bits per heavy atom. The van der Waals surface area contributed by atoms with E-state index in [1.165, 1.54) is 9.18 Å². The molecule has 0 saturated carbocycles. The van der Waals surface area contributed by atoms with Crippen molar-refractivity contribution in [2.75, 3.05) is 26.2 Å². The van der Waals surface area contributed by atoms with Crippen LogP contribution in [0.3, 0.4) is 0 Å².